The fourth-order valence-corrected chi connectivity index (χ4v) is 0.856. The smallest absolute Gasteiger partial charge is 0.149 e. The third kappa shape index (κ3) is 3.42. The van der Waals surface area contributed by atoms with E-state index < -0.39 is 17.7 Å². The molecule has 0 amide bonds. The molecule has 1 atom stereocenters. The quantitative estimate of drug-likeness (QED) is 0.804. The fraction of sp³-hybridized carbons (Fsp3) is 0.286. The normalized spacial score (nSPS) is 11.1. The molecule has 0 radical (unpaired) electrons. The van der Waals surface area contributed by atoms with Crippen molar-refractivity contribution in [2.75, 3.05) is 0 Å². The highest BCUT2D eigenvalue weighted by molar-refractivity contribution is 5.85. The van der Waals surface area contributed by atoms with Crippen LogP contribution in [0.2, 0.25) is 0 Å². The van der Waals surface area contributed by atoms with Gasteiger partial charge >= 0.3 is 0 Å². The molecular weight excluding hydrogens is 221 g/mol. The van der Waals surface area contributed by atoms with Crippen molar-refractivity contribution in [2.45, 2.75) is 13.0 Å². The van der Waals surface area contributed by atoms with Crippen molar-refractivity contribution in [3.63, 3.8) is 0 Å². The van der Waals surface area contributed by atoms with Crippen LogP contribution in [-0.2, 0) is 0 Å². The Balaban J connectivity index is 0. The first-order valence-electron chi connectivity index (χ1n) is 3.17. The van der Waals surface area contributed by atoms with Crippen LogP contribution in [0, 0.1) is 11.6 Å². The molecule has 0 fully saturated rings. The predicted octanol–water partition coefficient (Wildman–Crippen LogP) is 2.22. The van der Waals surface area contributed by atoms with Gasteiger partial charge in [-0.15, -0.1) is 24.8 Å². The summed E-state index contributed by atoms with van der Waals surface area (Å²) < 4.78 is 25.4. The highest BCUT2D eigenvalue weighted by atomic mass is 35.5. The van der Waals surface area contributed by atoms with E-state index in [0.29, 0.717) is 0 Å². The SMILES string of the molecule is C[C@@H](N)c1c(F)cncc1F.Cl.Cl. The number of hydrogen-bond donors (Lipinski definition) is 1. The molecule has 76 valence electrons. The zero-order valence-corrected chi connectivity index (χ0v) is 8.46. The first kappa shape index (κ1) is 15.0. The first-order chi connectivity index (χ1) is 5.13. The number of hydrogen-bond acceptors (Lipinski definition) is 2. The van der Waals surface area contributed by atoms with Gasteiger partial charge in [0.1, 0.15) is 11.6 Å². The van der Waals surface area contributed by atoms with E-state index in [0.717, 1.165) is 12.4 Å². The van der Waals surface area contributed by atoms with Crippen LogP contribution in [0.4, 0.5) is 8.78 Å². The summed E-state index contributed by atoms with van der Waals surface area (Å²) in [5.74, 6) is -1.39. The largest absolute Gasteiger partial charge is 0.324 e. The zero-order valence-electron chi connectivity index (χ0n) is 6.83. The Kier molecular flexibility index (Phi) is 7.03. The van der Waals surface area contributed by atoms with E-state index in [9.17, 15) is 8.78 Å². The van der Waals surface area contributed by atoms with Crippen LogP contribution >= 0.6 is 24.8 Å². The molecule has 13 heavy (non-hydrogen) atoms. The van der Waals surface area contributed by atoms with E-state index in [1.807, 2.05) is 0 Å². The maximum atomic E-state index is 12.7. The fourth-order valence-electron chi connectivity index (χ4n) is 0.856. The van der Waals surface area contributed by atoms with Crippen LogP contribution in [0.25, 0.3) is 0 Å². The molecular formula is C7H10Cl2F2N2. The Morgan fingerprint density at radius 1 is 1.23 bits per heavy atom. The summed E-state index contributed by atoms with van der Waals surface area (Å²) in [6, 6.07) is -0.641. The van der Waals surface area contributed by atoms with Crippen molar-refractivity contribution < 1.29 is 8.78 Å². The summed E-state index contributed by atoms with van der Waals surface area (Å²) in [6.07, 6.45) is 1.89. The minimum atomic E-state index is -0.694. The van der Waals surface area contributed by atoms with Gasteiger partial charge in [-0.3, -0.25) is 4.98 Å². The lowest BCUT2D eigenvalue weighted by atomic mass is 10.1. The van der Waals surface area contributed by atoms with Gasteiger partial charge in [0.05, 0.1) is 12.4 Å². The molecule has 6 heteroatoms. The van der Waals surface area contributed by atoms with Crippen LogP contribution < -0.4 is 5.73 Å². The monoisotopic (exact) mass is 230 g/mol. The summed E-state index contributed by atoms with van der Waals surface area (Å²) in [5, 5.41) is 0. The molecule has 0 aliphatic carbocycles. The van der Waals surface area contributed by atoms with E-state index in [-0.39, 0.29) is 30.4 Å². The maximum absolute atomic E-state index is 12.7. The van der Waals surface area contributed by atoms with Crippen molar-refractivity contribution in [3.8, 4) is 0 Å². The number of aromatic nitrogens is 1. The summed E-state index contributed by atoms with van der Waals surface area (Å²) in [4.78, 5) is 3.32. The van der Waals surface area contributed by atoms with Gasteiger partial charge < -0.3 is 5.73 Å². The molecule has 2 nitrogen and oxygen atoms in total. The summed E-state index contributed by atoms with van der Waals surface area (Å²) in [5.41, 5.74) is 5.20. The van der Waals surface area contributed by atoms with Gasteiger partial charge in [-0.25, -0.2) is 8.78 Å². The summed E-state index contributed by atoms with van der Waals surface area (Å²) in [7, 11) is 0. The van der Waals surface area contributed by atoms with E-state index >= 15 is 0 Å². The third-order valence-corrected chi connectivity index (χ3v) is 1.35. The van der Waals surface area contributed by atoms with Crippen molar-refractivity contribution in [2.24, 2.45) is 5.73 Å². The second-order valence-electron chi connectivity index (χ2n) is 2.31. The highest BCUT2D eigenvalue weighted by Crippen LogP contribution is 2.16. The Labute approximate surface area is 87.4 Å². The second-order valence-corrected chi connectivity index (χ2v) is 2.31. The Morgan fingerprint density at radius 2 is 1.62 bits per heavy atom. The van der Waals surface area contributed by atoms with Gasteiger partial charge in [0.2, 0.25) is 0 Å². The molecule has 0 spiro atoms. The minimum Gasteiger partial charge on any atom is -0.324 e. The Morgan fingerprint density at radius 3 is 1.85 bits per heavy atom. The minimum absolute atomic E-state index is 0. The summed E-state index contributed by atoms with van der Waals surface area (Å²) in [6.45, 7) is 1.52. The molecule has 0 bridgehead atoms. The van der Waals surface area contributed by atoms with Gasteiger partial charge in [0, 0.05) is 11.6 Å². The lowest BCUT2D eigenvalue weighted by Gasteiger charge is -2.06. The van der Waals surface area contributed by atoms with E-state index in [2.05, 4.69) is 4.98 Å². The number of pyridine rings is 1. The molecule has 0 aromatic carbocycles. The van der Waals surface area contributed by atoms with Gasteiger partial charge in [-0.2, -0.15) is 0 Å². The van der Waals surface area contributed by atoms with Crippen molar-refractivity contribution in [1.29, 1.82) is 0 Å². The third-order valence-electron chi connectivity index (χ3n) is 1.35. The lowest BCUT2D eigenvalue weighted by molar-refractivity contribution is 0.528. The molecule has 1 rings (SSSR count). The van der Waals surface area contributed by atoms with Crippen molar-refractivity contribution in [3.05, 3.63) is 29.6 Å². The molecule has 0 unspecified atom stereocenters. The van der Waals surface area contributed by atoms with E-state index in [1.54, 1.807) is 0 Å². The van der Waals surface area contributed by atoms with Gasteiger partial charge in [0.25, 0.3) is 0 Å². The molecule has 1 heterocycles. The molecule has 0 aliphatic rings. The van der Waals surface area contributed by atoms with Crippen LogP contribution in [0.5, 0.6) is 0 Å². The predicted molar refractivity (Wildman–Crippen MR) is 51.3 cm³/mol. The molecule has 1 aromatic heterocycles. The molecule has 2 N–H and O–H groups in total. The van der Waals surface area contributed by atoms with E-state index in [1.165, 1.54) is 6.92 Å². The average Bonchev–Trinajstić information content (AvgIpc) is 1.85. The van der Waals surface area contributed by atoms with Crippen LogP contribution in [0.1, 0.15) is 18.5 Å². The van der Waals surface area contributed by atoms with Crippen molar-refractivity contribution >= 4 is 24.8 Å². The molecule has 1 aromatic rings. The number of halogens is 4. The Bertz CT molecular complexity index is 248. The maximum Gasteiger partial charge on any atom is 0.149 e. The van der Waals surface area contributed by atoms with Gasteiger partial charge in [-0.05, 0) is 6.92 Å². The van der Waals surface area contributed by atoms with Crippen molar-refractivity contribution in [1.82, 2.24) is 4.98 Å². The van der Waals surface area contributed by atoms with Crippen LogP contribution in [0.15, 0.2) is 12.4 Å². The zero-order chi connectivity index (χ0) is 8.43. The summed E-state index contributed by atoms with van der Waals surface area (Å²) >= 11 is 0. The van der Waals surface area contributed by atoms with Gasteiger partial charge in [0.15, 0.2) is 0 Å². The number of rotatable bonds is 1. The van der Waals surface area contributed by atoms with E-state index in [4.69, 9.17) is 5.73 Å². The topological polar surface area (TPSA) is 38.9 Å². The lowest BCUT2D eigenvalue weighted by Crippen LogP contribution is -2.10. The van der Waals surface area contributed by atoms with Crippen LogP contribution in [0.3, 0.4) is 0 Å². The molecule has 0 aliphatic heterocycles. The second kappa shape index (κ2) is 6.07. The highest BCUT2D eigenvalue weighted by Gasteiger charge is 2.12. The van der Waals surface area contributed by atoms with Gasteiger partial charge in [-0.1, -0.05) is 0 Å². The average molecular weight is 231 g/mol. The Hall–Kier alpha value is -0.450. The first-order valence-corrected chi connectivity index (χ1v) is 3.17. The molecule has 0 saturated heterocycles. The standard InChI is InChI=1S/C7H8F2N2.2ClH/c1-4(10)7-5(8)2-11-3-6(7)9;;/h2-4H,10H2,1H3;2*1H/t4-;;/m1../s1. The number of nitrogens with two attached hydrogens (primary N) is 1. The molecule has 0 saturated carbocycles. The van der Waals surface area contributed by atoms with Crippen LogP contribution in [-0.4, -0.2) is 4.98 Å². The number of nitrogens with zero attached hydrogens (tertiary/aromatic N) is 1.